The Balaban J connectivity index is 2.10. The van der Waals surface area contributed by atoms with Gasteiger partial charge < -0.3 is 10.6 Å². The zero-order valence-electron chi connectivity index (χ0n) is 11.2. The quantitative estimate of drug-likeness (QED) is 0.839. The van der Waals surface area contributed by atoms with Crippen LogP contribution in [-0.2, 0) is 4.79 Å². The molecular formula is C14H14N4OS. The Morgan fingerprint density at radius 3 is 2.95 bits per heavy atom. The lowest BCUT2D eigenvalue weighted by atomic mass is 10.3. The van der Waals surface area contributed by atoms with Gasteiger partial charge in [0.25, 0.3) is 0 Å². The summed E-state index contributed by atoms with van der Waals surface area (Å²) in [5, 5.41) is 5.61. The Kier molecular flexibility index (Phi) is 4.82. The third-order valence-corrected chi connectivity index (χ3v) is 3.26. The lowest BCUT2D eigenvalue weighted by molar-refractivity contribution is -0.117. The number of rotatable bonds is 3. The zero-order chi connectivity index (χ0) is 14.4. The van der Waals surface area contributed by atoms with Gasteiger partial charge in [-0.25, -0.2) is 4.98 Å². The van der Waals surface area contributed by atoms with E-state index < -0.39 is 0 Å². The molecule has 1 amide bonds. The molecule has 5 nitrogen and oxygen atoms in total. The van der Waals surface area contributed by atoms with E-state index in [-0.39, 0.29) is 11.9 Å². The van der Waals surface area contributed by atoms with Gasteiger partial charge in [0.2, 0.25) is 5.91 Å². The lowest BCUT2D eigenvalue weighted by Gasteiger charge is -2.10. The van der Waals surface area contributed by atoms with E-state index in [1.165, 1.54) is 11.3 Å². The van der Waals surface area contributed by atoms with Crippen molar-refractivity contribution in [1.82, 2.24) is 15.3 Å². The predicted molar refractivity (Wildman–Crippen MR) is 79.5 cm³/mol. The first-order chi connectivity index (χ1) is 9.69. The minimum atomic E-state index is -0.274. The van der Waals surface area contributed by atoms with E-state index in [4.69, 9.17) is 0 Å². The number of thiazole rings is 1. The molecule has 0 saturated heterocycles. The highest BCUT2D eigenvalue weighted by Gasteiger charge is 2.10. The van der Waals surface area contributed by atoms with E-state index in [2.05, 4.69) is 32.4 Å². The first-order valence-electron chi connectivity index (χ1n) is 6.04. The SMILES string of the molecule is CN[C@@H](C)C(=O)Nc1cccc(C#Cc2cncs2)n1. The first-order valence-corrected chi connectivity index (χ1v) is 6.92. The molecule has 0 aromatic carbocycles. The lowest BCUT2D eigenvalue weighted by Crippen LogP contribution is -2.35. The number of amides is 1. The molecule has 0 aliphatic heterocycles. The molecule has 0 aliphatic rings. The first kappa shape index (κ1) is 14.2. The van der Waals surface area contributed by atoms with Crippen LogP contribution in [0.3, 0.4) is 0 Å². The van der Waals surface area contributed by atoms with Crippen LogP contribution in [0.2, 0.25) is 0 Å². The van der Waals surface area contributed by atoms with Gasteiger partial charge in [0.05, 0.1) is 22.6 Å². The van der Waals surface area contributed by atoms with Crippen molar-refractivity contribution in [3.63, 3.8) is 0 Å². The second-order valence-corrected chi connectivity index (χ2v) is 4.91. The van der Waals surface area contributed by atoms with Crippen molar-refractivity contribution in [3.8, 4) is 11.8 Å². The highest BCUT2D eigenvalue weighted by atomic mass is 32.1. The molecule has 2 rings (SSSR count). The van der Waals surface area contributed by atoms with Crippen molar-refractivity contribution in [1.29, 1.82) is 0 Å². The Labute approximate surface area is 121 Å². The molecule has 20 heavy (non-hydrogen) atoms. The summed E-state index contributed by atoms with van der Waals surface area (Å²) in [6, 6.07) is 5.07. The van der Waals surface area contributed by atoms with E-state index in [1.807, 2.05) is 6.07 Å². The molecule has 0 radical (unpaired) electrons. The molecule has 6 heteroatoms. The third-order valence-electron chi connectivity index (χ3n) is 2.57. The highest BCUT2D eigenvalue weighted by molar-refractivity contribution is 7.10. The van der Waals surface area contributed by atoms with Crippen molar-refractivity contribution >= 4 is 23.1 Å². The van der Waals surface area contributed by atoms with Gasteiger partial charge in [-0.05, 0) is 37.9 Å². The van der Waals surface area contributed by atoms with Gasteiger partial charge in [0, 0.05) is 0 Å². The largest absolute Gasteiger partial charge is 0.309 e. The molecule has 0 saturated carbocycles. The second-order valence-electron chi connectivity index (χ2n) is 4.02. The summed E-state index contributed by atoms with van der Waals surface area (Å²) in [6.07, 6.45) is 1.71. The molecule has 0 bridgehead atoms. The Bertz CT molecular complexity index is 643. The van der Waals surface area contributed by atoms with Gasteiger partial charge >= 0.3 is 0 Å². The highest BCUT2D eigenvalue weighted by Crippen LogP contribution is 2.06. The smallest absolute Gasteiger partial charge is 0.242 e. The van der Waals surface area contributed by atoms with Crippen molar-refractivity contribution in [2.75, 3.05) is 12.4 Å². The standard InChI is InChI=1S/C14H14N4OS/c1-10(15-2)14(19)18-13-5-3-4-11(17-13)6-7-12-8-16-9-20-12/h3-5,8-10,15H,1-2H3,(H,17,18,19)/t10-/m0/s1. The number of nitrogens with one attached hydrogen (secondary N) is 2. The fourth-order valence-electron chi connectivity index (χ4n) is 1.34. The molecule has 0 unspecified atom stereocenters. The normalized spacial score (nSPS) is 11.3. The number of likely N-dealkylation sites (N-methyl/N-ethyl adjacent to an activating group) is 1. The number of pyridine rings is 1. The van der Waals surface area contributed by atoms with E-state index >= 15 is 0 Å². The van der Waals surface area contributed by atoms with Crippen molar-refractivity contribution in [2.24, 2.45) is 0 Å². The second kappa shape index (κ2) is 6.80. The third kappa shape index (κ3) is 3.88. The van der Waals surface area contributed by atoms with Crippen LogP contribution in [0, 0.1) is 11.8 Å². The van der Waals surface area contributed by atoms with Crippen molar-refractivity contribution < 1.29 is 4.79 Å². The van der Waals surface area contributed by atoms with Gasteiger partial charge in [0.15, 0.2) is 0 Å². The maximum atomic E-state index is 11.7. The molecule has 2 heterocycles. The zero-order valence-corrected chi connectivity index (χ0v) is 12.0. The van der Waals surface area contributed by atoms with E-state index in [9.17, 15) is 4.79 Å². The van der Waals surface area contributed by atoms with Crippen LogP contribution in [0.1, 0.15) is 17.5 Å². The average molecular weight is 286 g/mol. The minimum absolute atomic E-state index is 0.132. The van der Waals surface area contributed by atoms with E-state index in [1.54, 1.807) is 37.8 Å². The molecule has 1 atom stereocenters. The molecule has 2 aromatic rings. The van der Waals surface area contributed by atoms with Gasteiger partial charge in [0.1, 0.15) is 11.5 Å². The molecule has 2 aromatic heterocycles. The van der Waals surface area contributed by atoms with Crippen molar-refractivity contribution in [3.05, 3.63) is 40.5 Å². The Morgan fingerprint density at radius 2 is 2.25 bits per heavy atom. The topological polar surface area (TPSA) is 66.9 Å². The molecular weight excluding hydrogens is 272 g/mol. The number of carbonyl (C=O) groups is 1. The summed E-state index contributed by atoms with van der Waals surface area (Å²) in [5.41, 5.74) is 2.33. The summed E-state index contributed by atoms with van der Waals surface area (Å²) >= 11 is 1.47. The number of hydrogen-bond acceptors (Lipinski definition) is 5. The van der Waals surface area contributed by atoms with Crippen LogP contribution >= 0.6 is 11.3 Å². The summed E-state index contributed by atoms with van der Waals surface area (Å²) in [6.45, 7) is 1.78. The number of aromatic nitrogens is 2. The van der Waals surface area contributed by atoms with Gasteiger partial charge in [-0.1, -0.05) is 6.07 Å². The number of hydrogen-bond donors (Lipinski definition) is 2. The molecule has 0 spiro atoms. The van der Waals surface area contributed by atoms with Crippen LogP contribution in [0.15, 0.2) is 29.9 Å². The monoisotopic (exact) mass is 286 g/mol. The van der Waals surface area contributed by atoms with Crippen LogP contribution in [0.4, 0.5) is 5.82 Å². The summed E-state index contributed by atoms with van der Waals surface area (Å²) in [5.74, 6) is 6.28. The number of carbonyl (C=O) groups excluding carboxylic acids is 1. The van der Waals surface area contributed by atoms with Crippen LogP contribution in [0.5, 0.6) is 0 Å². The fourth-order valence-corrected chi connectivity index (χ4v) is 1.81. The number of anilines is 1. The number of nitrogens with zero attached hydrogens (tertiary/aromatic N) is 2. The predicted octanol–water partition coefficient (Wildman–Crippen LogP) is 1.48. The van der Waals surface area contributed by atoms with E-state index in [0.717, 1.165) is 4.88 Å². The van der Waals surface area contributed by atoms with Gasteiger partial charge in [-0.15, -0.1) is 11.3 Å². The Morgan fingerprint density at radius 1 is 1.40 bits per heavy atom. The summed E-state index contributed by atoms with van der Waals surface area (Å²) < 4.78 is 0. The van der Waals surface area contributed by atoms with Crippen molar-refractivity contribution in [2.45, 2.75) is 13.0 Å². The van der Waals surface area contributed by atoms with Gasteiger partial charge in [-0.2, -0.15) is 0 Å². The van der Waals surface area contributed by atoms with Gasteiger partial charge in [-0.3, -0.25) is 9.78 Å². The molecule has 2 N–H and O–H groups in total. The minimum Gasteiger partial charge on any atom is -0.309 e. The van der Waals surface area contributed by atoms with Crippen LogP contribution < -0.4 is 10.6 Å². The molecule has 0 fully saturated rings. The maximum absolute atomic E-state index is 11.7. The molecule has 102 valence electrons. The Hall–Kier alpha value is -2.23. The van der Waals surface area contributed by atoms with Crippen LogP contribution in [0.25, 0.3) is 0 Å². The summed E-state index contributed by atoms with van der Waals surface area (Å²) in [4.78, 5) is 20.9. The average Bonchev–Trinajstić information content (AvgIpc) is 2.98. The van der Waals surface area contributed by atoms with E-state index in [0.29, 0.717) is 11.5 Å². The maximum Gasteiger partial charge on any atom is 0.242 e. The summed E-state index contributed by atoms with van der Waals surface area (Å²) in [7, 11) is 1.73. The molecule has 0 aliphatic carbocycles. The van der Waals surface area contributed by atoms with Crippen LogP contribution in [-0.4, -0.2) is 29.0 Å². The fraction of sp³-hybridized carbons (Fsp3) is 0.214.